The second kappa shape index (κ2) is 4.76. The topological polar surface area (TPSA) is 0 Å². The van der Waals surface area contributed by atoms with Crippen molar-refractivity contribution in [1.29, 1.82) is 0 Å². The summed E-state index contributed by atoms with van der Waals surface area (Å²) < 4.78 is 0. The lowest BCUT2D eigenvalue weighted by Gasteiger charge is -2.00. The second-order valence-electron chi connectivity index (χ2n) is 3.54. The molecule has 0 nitrogen and oxygen atoms in total. The van der Waals surface area contributed by atoms with Crippen LogP contribution in [-0.2, 0) is 0 Å². The lowest BCUT2D eigenvalue weighted by atomic mass is 10.2. The molecule has 1 saturated carbocycles. The first-order valence-electron chi connectivity index (χ1n) is 4.75. The Morgan fingerprint density at radius 2 is 2.25 bits per heavy atom. The summed E-state index contributed by atoms with van der Waals surface area (Å²) in [4.78, 5) is 1.30. The summed E-state index contributed by atoms with van der Waals surface area (Å²) in [6, 6.07) is 0. The fraction of sp³-hybridized carbons (Fsp3) is 0.636. The Morgan fingerprint density at radius 1 is 1.58 bits per heavy atom. The molecular formula is C11H18S. The molecule has 1 fully saturated rings. The van der Waals surface area contributed by atoms with E-state index < -0.39 is 0 Å². The SMILES string of the molecule is C=C(CCC)S/C=C(\C)C1CC1. The Bertz CT molecular complexity index is 187. The van der Waals surface area contributed by atoms with E-state index in [0.29, 0.717) is 0 Å². The van der Waals surface area contributed by atoms with Crippen molar-refractivity contribution in [3.63, 3.8) is 0 Å². The quantitative estimate of drug-likeness (QED) is 0.609. The van der Waals surface area contributed by atoms with Crippen LogP contribution in [-0.4, -0.2) is 0 Å². The highest BCUT2D eigenvalue weighted by molar-refractivity contribution is 8.05. The third kappa shape index (κ3) is 3.48. The predicted molar refractivity (Wildman–Crippen MR) is 58.1 cm³/mol. The molecule has 0 spiro atoms. The third-order valence-corrected chi connectivity index (χ3v) is 3.19. The van der Waals surface area contributed by atoms with Crippen molar-refractivity contribution in [2.45, 2.75) is 39.5 Å². The van der Waals surface area contributed by atoms with E-state index in [2.05, 4.69) is 25.8 Å². The fourth-order valence-corrected chi connectivity index (χ4v) is 2.02. The maximum Gasteiger partial charge on any atom is -0.0180 e. The molecule has 0 atom stereocenters. The third-order valence-electron chi connectivity index (χ3n) is 2.16. The molecule has 1 aliphatic carbocycles. The first-order valence-corrected chi connectivity index (χ1v) is 5.63. The van der Waals surface area contributed by atoms with Crippen molar-refractivity contribution < 1.29 is 0 Å². The molecule has 0 radical (unpaired) electrons. The molecule has 0 N–H and O–H groups in total. The van der Waals surface area contributed by atoms with Crippen LogP contribution in [0.4, 0.5) is 0 Å². The van der Waals surface area contributed by atoms with Crippen LogP contribution in [0.15, 0.2) is 22.5 Å². The fourth-order valence-electron chi connectivity index (χ4n) is 1.15. The number of thioether (sulfide) groups is 1. The molecule has 68 valence electrons. The maximum absolute atomic E-state index is 4.01. The first kappa shape index (κ1) is 9.91. The molecule has 0 heterocycles. The van der Waals surface area contributed by atoms with E-state index in [4.69, 9.17) is 0 Å². The van der Waals surface area contributed by atoms with Gasteiger partial charge in [0, 0.05) is 0 Å². The zero-order chi connectivity index (χ0) is 8.97. The van der Waals surface area contributed by atoms with Gasteiger partial charge in [0.15, 0.2) is 0 Å². The van der Waals surface area contributed by atoms with Crippen molar-refractivity contribution in [2.24, 2.45) is 5.92 Å². The van der Waals surface area contributed by atoms with E-state index >= 15 is 0 Å². The summed E-state index contributed by atoms with van der Waals surface area (Å²) in [6.07, 6.45) is 5.17. The average molecular weight is 182 g/mol. The van der Waals surface area contributed by atoms with Crippen molar-refractivity contribution in [2.75, 3.05) is 0 Å². The molecule has 1 heteroatoms. The van der Waals surface area contributed by atoms with Gasteiger partial charge in [-0.1, -0.05) is 25.5 Å². The van der Waals surface area contributed by atoms with Gasteiger partial charge in [0.1, 0.15) is 0 Å². The Morgan fingerprint density at radius 3 is 2.75 bits per heavy atom. The molecule has 0 aromatic carbocycles. The number of rotatable bonds is 5. The minimum absolute atomic E-state index is 0.909. The molecule has 0 aliphatic heterocycles. The minimum atomic E-state index is 0.909. The summed E-state index contributed by atoms with van der Waals surface area (Å²) >= 11 is 1.82. The molecule has 0 saturated heterocycles. The van der Waals surface area contributed by atoms with Crippen molar-refractivity contribution in [3.05, 3.63) is 22.5 Å². The second-order valence-corrected chi connectivity index (χ2v) is 4.59. The van der Waals surface area contributed by atoms with Crippen LogP contribution in [0.2, 0.25) is 0 Å². The monoisotopic (exact) mass is 182 g/mol. The average Bonchev–Trinajstić information content (AvgIpc) is 2.83. The summed E-state index contributed by atoms with van der Waals surface area (Å²) in [5.41, 5.74) is 1.55. The zero-order valence-corrected chi connectivity index (χ0v) is 8.91. The number of allylic oxidation sites excluding steroid dienone is 2. The summed E-state index contributed by atoms with van der Waals surface area (Å²) in [7, 11) is 0. The highest BCUT2D eigenvalue weighted by atomic mass is 32.2. The van der Waals surface area contributed by atoms with Crippen LogP contribution in [0.1, 0.15) is 39.5 Å². The summed E-state index contributed by atoms with van der Waals surface area (Å²) in [6.45, 7) is 8.45. The Balaban J connectivity index is 2.21. The van der Waals surface area contributed by atoms with Gasteiger partial charge in [0.05, 0.1) is 0 Å². The van der Waals surface area contributed by atoms with Crippen LogP contribution < -0.4 is 0 Å². The lowest BCUT2D eigenvalue weighted by Crippen LogP contribution is -1.76. The number of hydrogen-bond donors (Lipinski definition) is 0. The standard InChI is InChI=1S/C11H18S/c1-4-5-10(3)12-8-9(2)11-6-7-11/h8,11H,3-7H2,1-2H3/b9-8+. The largest absolute Gasteiger partial charge is 0.103 e. The normalized spacial score (nSPS) is 18.0. The van der Waals surface area contributed by atoms with Gasteiger partial charge >= 0.3 is 0 Å². The van der Waals surface area contributed by atoms with Crippen LogP contribution in [0.3, 0.4) is 0 Å². The van der Waals surface area contributed by atoms with Crippen LogP contribution in [0, 0.1) is 5.92 Å². The molecular weight excluding hydrogens is 164 g/mol. The molecule has 0 aromatic heterocycles. The molecule has 12 heavy (non-hydrogen) atoms. The predicted octanol–water partition coefficient (Wildman–Crippen LogP) is 4.35. The van der Waals surface area contributed by atoms with Crippen molar-refractivity contribution in [1.82, 2.24) is 0 Å². The zero-order valence-electron chi connectivity index (χ0n) is 8.10. The minimum Gasteiger partial charge on any atom is -0.103 e. The highest BCUT2D eigenvalue weighted by Gasteiger charge is 2.22. The molecule has 0 unspecified atom stereocenters. The van der Waals surface area contributed by atoms with Crippen LogP contribution in [0.5, 0.6) is 0 Å². The molecule has 1 aliphatic rings. The first-order chi connectivity index (χ1) is 5.74. The van der Waals surface area contributed by atoms with Crippen LogP contribution >= 0.6 is 11.8 Å². The summed E-state index contributed by atoms with van der Waals surface area (Å²) in [5.74, 6) is 0.909. The van der Waals surface area contributed by atoms with Crippen LogP contribution in [0.25, 0.3) is 0 Å². The molecule has 0 aromatic rings. The lowest BCUT2D eigenvalue weighted by molar-refractivity contribution is 0.950. The van der Waals surface area contributed by atoms with Gasteiger partial charge in [-0.15, -0.1) is 11.8 Å². The Labute approximate surface area is 80.1 Å². The van der Waals surface area contributed by atoms with Gasteiger partial charge in [-0.05, 0) is 42.4 Å². The van der Waals surface area contributed by atoms with Gasteiger partial charge in [-0.3, -0.25) is 0 Å². The smallest absolute Gasteiger partial charge is 0.0180 e. The van der Waals surface area contributed by atoms with E-state index in [1.54, 1.807) is 5.57 Å². The molecule has 0 bridgehead atoms. The molecule has 0 amide bonds. The van der Waals surface area contributed by atoms with Crippen molar-refractivity contribution in [3.8, 4) is 0 Å². The Kier molecular flexibility index (Phi) is 3.93. The van der Waals surface area contributed by atoms with E-state index in [-0.39, 0.29) is 0 Å². The van der Waals surface area contributed by atoms with E-state index in [0.717, 1.165) is 12.3 Å². The highest BCUT2D eigenvalue weighted by Crippen LogP contribution is 2.37. The van der Waals surface area contributed by atoms with Gasteiger partial charge in [0.25, 0.3) is 0 Å². The van der Waals surface area contributed by atoms with E-state index in [1.165, 1.54) is 24.2 Å². The van der Waals surface area contributed by atoms with Gasteiger partial charge in [-0.25, -0.2) is 0 Å². The van der Waals surface area contributed by atoms with Gasteiger partial charge < -0.3 is 0 Å². The van der Waals surface area contributed by atoms with E-state index in [1.807, 2.05) is 11.8 Å². The Hall–Kier alpha value is -0.170. The van der Waals surface area contributed by atoms with E-state index in [9.17, 15) is 0 Å². The molecule has 1 rings (SSSR count). The number of hydrogen-bond acceptors (Lipinski definition) is 1. The summed E-state index contributed by atoms with van der Waals surface area (Å²) in [5, 5.41) is 2.29. The van der Waals surface area contributed by atoms with Gasteiger partial charge in [0.2, 0.25) is 0 Å². The van der Waals surface area contributed by atoms with Crippen molar-refractivity contribution >= 4 is 11.8 Å². The van der Waals surface area contributed by atoms with Gasteiger partial charge in [-0.2, -0.15) is 0 Å². The maximum atomic E-state index is 4.01.